The highest BCUT2D eigenvalue weighted by atomic mass is 16.1. The summed E-state index contributed by atoms with van der Waals surface area (Å²) in [7, 11) is 0. The molecule has 0 aliphatic rings. The van der Waals surface area contributed by atoms with Gasteiger partial charge < -0.3 is 5.32 Å². The molecule has 0 bridgehead atoms. The van der Waals surface area contributed by atoms with Gasteiger partial charge in [0.15, 0.2) is 0 Å². The molecule has 12 heavy (non-hydrogen) atoms. The smallest absolute Gasteiger partial charge is 0.247 e. The summed E-state index contributed by atoms with van der Waals surface area (Å²) in [5.41, 5.74) is 1.65. The van der Waals surface area contributed by atoms with Gasteiger partial charge in [0.2, 0.25) is 5.91 Å². The van der Waals surface area contributed by atoms with Crippen molar-refractivity contribution in [1.82, 2.24) is 5.32 Å². The van der Waals surface area contributed by atoms with E-state index in [-0.39, 0.29) is 5.91 Å². The molecule has 0 aliphatic heterocycles. The summed E-state index contributed by atoms with van der Waals surface area (Å²) in [5.74, 6) is -0.163. The zero-order chi connectivity index (χ0) is 9.72. The number of hydrogen-bond donors (Lipinski definition) is 1. The quantitative estimate of drug-likeness (QED) is 0.630. The van der Waals surface area contributed by atoms with Crippen molar-refractivity contribution in [3.8, 4) is 6.07 Å². The Morgan fingerprint density at radius 2 is 1.92 bits per heavy atom. The molecule has 3 heteroatoms. The largest absolute Gasteiger partial charge is 0.337 e. The highest BCUT2D eigenvalue weighted by Gasteiger charge is 2.08. The molecular weight excluding hydrogens is 152 g/mol. The van der Waals surface area contributed by atoms with E-state index in [0.29, 0.717) is 5.57 Å². The standard InChI is InChI=1S/C9H14N2O/c1-6(2)8(4)9(12)11-7(3)5-10/h7H,1-4H3,(H,11,12)/t7-/m0/s1. The SMILES string of the molecule is CC(C)=C(C)C(=O)N[C@@H](C)C#N. The van der Waals surface area contributed by atoms with Gasteiger partial charge in [-0.3, -0.25) is 4.79 Å². The van der Waals surface area contributed by atoms with Crippen molar-refractivity contribution in [1.29, 1.82) is 5.26 Å². The Bertz CT molecular complexity index is 244. The zero-order valence-corrected chi connectivity index (χ0v) is 7.93. The van der Waals surface area contributed by atoms with Gasteiger partial charge in [0, 0.05) is 5.57 Å². The van der Waals surface area contributed by atoms with Crippen molar-refractivity contribution >= 4 is 5.91 Å². The third-order valence-electron chi connectivity index (χ3n) is 1.63. The van der Waals surface area contributed by atoms with Crippen molar-refractivity contribution in [2.45, 2.75) is 33.7 Å². The summed E-state index contributed by atoms with van der Waals surface area (Å²) in [6.45, 7) is 7.13. The van der Waals surface area contributed by atoms with Crippen LogP contribution >= 0.6 is 0 Å². The first-order chi connectivity index (χ1) is 5.49. The number of amides is 1. The van der Waals surface area contributed by atoms with Crippen molar-refractivity contribution in [2.24, 2.45) is 0 Å². The van der Waals surface area contributed by atoms with Gasteiger partial charge in [-0.1, -0.05) is 5.57 Å². The van der Waals surface area contributed by atoms with Gasteiger partial charge >= 0.3 is 0 Å². The van der Waals surface area contributed by atoms with E-state index in [1.54, 1.807) is 13.8 Å². The molecule has 0 aromatic rings. The van der Waals surface area contributed by atoms with Gasteiger partial charge in [-0.2, -0.15) is 5.26 Å². The van der Waals surface area contributed by atoms with Crippen LogP contribution in [0.25, 0.3) is 0 Å². The molecule has 0 saturated carbocycles. The Kier molecular flexibility index (Phi) is 4.06. The van der Waals surface area contributed by atoms with E-state index in [2.05, 4.69) is 5.32 Å². The van der Waals surface area contributed by atoms with Crippen molar-refractivity contribution < 1.29 is 4.79 Å². The molecule has 3 nitrogen and oxygen atoms in total. The molecule has 0 rings (SSSR count). The minimum Gasteiger partial charge on any atom is -0.337 e. The molecule has 66 valence electrons. The summed E-state index contributed by atoms with van der Waals surface area (Å²) in [5, 5.41) is 11.0. The molecular formula is C9H14N2O. The van der Waals surface area contributed by atoms with Gasteiger partial charge in [-0.25, -0.2) is 0 Å². The highest BCUT2D eigenvalue weighted by Crippen LogP contribution is 2.01. The Balaban J connectivity index is 4.27. The number of carbonyl (C=O) groups is 1. The van der Waals surface area contributed by atoms with Gasteiger partial charge in [0.1, 0.15) is 6.04 Å². The predicted octanol–water partition coefficient (Wildman–Crippen LogP) is 1.37. The normalized spacial score (nSPS) is 11.2. The first-order valence-electron chi connectivity index (χ1n) is 3.83. The molecule has 0 heterocycles. The second kappa shape index (κ2) is 4.55. The molecule has 0 aromatic carbocycles. The van der Waals surface area contributed by atoms with E-state index in [4.69, 9.17) is 5.26 Å². The predicted molar refractivity (Wildman–Crippen MR) is 47.3 cm³/mol. The second-order valence-corrected chi connectivity index (χ2v) is 2.95. The van der Waals surface area contributed by atoms with Crippen LogP contribution in [-0.4, -0.2) is 11.9 Å². The number of nitriles is 1. The third-order valence-corrected chi connectivity index (χ3v) is 1.63. The molecule has 0 saturated heterocycles. The van der Waals surface area contributed by atoms with E-state index in [9.17, 15) is 4.79 Å². The van der Waals surface area contributed by atoms with Crippen LogP contribution in [0.5, 0.6) is 0 Å². The number of nitrogens with zero attached hydrogens (tertiary/aromatic N) is 1. The van der Waals surface area contributed by atoms with Gasteiger partial charge in [-0.15, -0.1) is 0 Å². The van der Waals surface area contributed by atoms with E-state index in [0.717, 1.165) is 5.57 Å². The van der Waals surface area contributed by atoms with Crippen molar-refractivity contribution in [2.75, 3.05) is 0 Å². The molecule has 0 aliphatic carbocycles. The summed E-state index contributed by atoms with van der Waals surface area (Å²) in [6.07, 6.45) is 0. The van der Waals surface area contributed by atoms with E-state index in [1.807, 2.05) is 19.9 Å². The Hall–Kier alpha value is -1.30. The lowest BCUT2D eigenvalue weighted by atomic mass is 10.1. The minimum atomic E-state index is -0.424. The van der Waals surface area contributed by atoms with Crippen LogP contribution in [0.4, 0.5) is 0 Å². The summed E-state index contributed by atoms with van der Waals surface area (Å²) < 4.78 is 0. The van der Waals surface area contributed by atoms with Crippen LogP contribution in [0, 0.1) is 11.3 Å². The minimum absolute atomic E-state index is 0.163. The van der Waals surface area contributed by atoms with Crippen LogP contribution in [-0.2, 0) is 4.79 Å². The Morgan fingerprint density at radius 1 is 1.42 bits per heavy atom. The first kappa shape index (κ1) is 10.7. The van der Waals surface area contributed by atoms with Crippen LogP contribution in [0.15, 0.2) is 11.1 Å². The molecule has 0 spiro atoms. The zero-order valence-electron chi connectivity index (χ0n) is 7.93. The molecule has 0 unspecified atom stereocenters. The van der Waals surface area contributed by atoms with Gasteiger partial charge in [0.25, 0.3) is 0 Å². The Labute approximate surface area is 73.1 Å². The fourth-order valence-electron chi connectivity index (χ4n) is 0.564. The first-order valence-corrected chi connectivity index (χ1v) is 3.83. The lowest BCUT2D eigenvalue weighted by molar-refractivity contribution is -0.117. The summed E-state index contributed by atoms with van der Waals surface area (Å²) in [6, 6.07) is 1.51. The van der Waals surface area contributed by atoms with Crippen molar-refractivity contribution in [3.63, 3.8) is 0 Å². The number of hydrogen-bond acceptors (Lipinski definition) is 2. The molecule has 1 atom stereocenters. The number of nitrogens with one attached hydrogen (secondary N) is 1. The van der Waals surface area contributed by atoms with E-state index in [1.165, 1.54) is 0 Å². The maximum atomic E-state index is 11.2. The third kappa shape index (κ3) is 3.20. The van der Waals surface area contributed by atoms with Crippen LogP contribution < -0.4 is 5.32 Å². The molecule has 0 aromatic heterocycles. The van der Waals surface area contributed by atoms with Crippen LogP contribution in [0.1, 0.15) is 27.7 Å². The summed E-state index contributed by atoms with van der Waals surface area (Å²) in [4.78, 5) is 11.2. The fraction of sp³-hybridized carbons (Fsp3) is 0.556. The van der Waals surface area contributed by atoms with Crippen LogP contribution in [0.2, 0.25) is 0 Å². The molecule has 0 radical (unpaired) electrons. The lowest BCUT2D eigenvalue weighted by Crippen LogP contribution is -2.32. The second-order valence-electron chi connectivity index (χ2n) is 2.95. The number of carbonyl (C=O) groups excluding carboxylic acids is 1. The number of allylic oxidation sites excluding steroid dienone is 1. The monoisotopic (exact) mass is 166 g/mol. The topological polar surface area (TPSA) is 52.9 Å². The van der Waals surface area contributed by atoms with E-state index < -0.39 is 6.04 Å². The average molecular weight is 166 g/mol. The fourth-order valence-corrected chi connectivity index (χ4v) is 0.564. The highest BCUT2D eigenvalue weighted by molar-refractivity contribution is 5.93. The van der Waals surface area contributed by atoms with E-state index >= 15 is 0 Å². The lowest BCUT2D eigenvalue weighted by Gasteiger charge is -2.07. The maximum Gasteiger partial charge on any atom is 0.247 e. The number of rotatable bonds is 2. The van der Waals surface area contributed by atoms with Crippen molar-refractivity contribution in [3.05, 3.63) is 11.1 Å². The molecule has 1 amide bonds. The summed E-state index contributed by atoms with van der Waals surface area (Å²) >= 11 is 0. The molecule has 1 N–H and O–H groups in total. The average Bonchev–Trinajstić information content (AvgIpc) is 2.02. The van der Waals surface area contributed by atoms with Gasteiger partial charge in [-0.05, 0) is 27.7 Å². The molecule has 0 fully saturated rings. The van der Waals surface area contributed by atoms with Gasteiger partial charge in [0.05, 0.1) is 6.07 Å². The van der Waals surface area contributed by atoms with Crippen LogP contribution in [0.3, 0.4) is 0 Å². The maximum absolute atomic E-state index is 11.2. The Morgan fingerprint density at radius 3 is 2.25 bits per heavy atom.